The van der Waals surface area contributed by atoms with Gasteiger partial charge in [-0.2, -0.15) is 0 Å². The van der Waals surface area contributed by atoms with E-state index >= 15 is 0 Å². The first kappa shape index (κ1) is 16.8. The highest BCUT2D eigenvalue weighted by molar-refractivity contribution is 6.30. The van der Waals surface area contributed by atoms with Crippen LogP contribution in [0.4, 0.5) is 11.4 Å². The number of esters is 1. The van der Waals surface area contributed by atoms with Crippen molar-refractivity contribution in [2.75, 3.05) is 11.1 Å². The van der Waals surface area contributed by atoms with Gasteiger partial charge in [0.15, 0.2) is 6.10 Å². The molecule has 1 unspecified atom stereocenters. The maximum Gasteiger partial charge on any atom is 0.338 e. The van der Waals surface area contributed by atoms with E-state index in [1.54, 1.807) is 55.5 Å². The molecule has 6 heteroatoms. The van der Waals surface area contributed by atoms with Gasteiger partial charge in [-0.15, -0.1) is 0 Å². The predicted molar refractivity (Wildman–Crippen MR) is 90.4 cm³/mol. The van der Waals surface area contributed by atoms with Gasteiger partial charge >= 0.3 is 5.97 Å². The molecule has 0 radical (unpaired) electrons. The molecule has 0 aromatic heterocycles. The second-order valence-electron chi connectivity index (χ2n) is 4.92. The molecule has 1 atom stereocenters. The van der Waals surface area contributed by atoms with E-state index in [2.05, 4.69) is 5.32 Å². The number of hydrogen-bond donors (Lipinski definition) is 2. The lowest BCUT2D eigenvalue weighted by Gasteiger charge is -2.16. The Hall–Kier alpha value is -2.53. The molecule has 0 fully saturated rings. The van der Waals surface area contributed by atoms with Crippen molar-refractivity contribution in [3.63, 3.8) is 0 Å². The molecule has 0 bridgehead atoms. The monoisotopic (exact) mass is 332 g/mol. The summed E-state index contributed by atoms with van der Waals surface area (Å²) in [6.45, 7) is 1.76. The summed E-state index contributed by atoms with van der Waals surface area (Å²) in [7, 11) is 0. The summed E-state index contributed by atoms with van der Waals surface area (Å²) in [4.78, 5) is 24.3. The van der Waals surface area contributed by atoms with Crippen molar-refractivity contribution in [1.82, 2.24) is 0 Å². The van der Waals surface area contributed by atoms with E-state index < -0.39 is 18.0 Å². The fourth-order valence-electron chi connectivity index (χ4n) is 1.93. The van der Waals surface area contributed by atoms with Gasteiger partial charge in [0.05, 0.1) is 5.56 Å². The third-order valence-electron chi connectivity index (χ3n) is 3.15. The normalized spacial score (nSPS) is 11.6. The molecule has 0 spiro atoms. The standard InChI is InChI=1S/C17H17ClN2O3/c1-2-15(16(21)20-14-5-3-4-12(18)10-14)23-17(22)11-6-8-13(19)9-7-11/h3-10,15H,2,19H2,1H3,(H,20,21). The average molecular weight is 333 g/mol. The Labute approximate surface area is 139 Å². The number of nitrogens with two attached hydrogens (primary N) is 1. The van der Waals surface area contributed by atoms with Crippen LogP contribution in [-0.2, 0) is 9.53 Å². The molecule has 0 saturated carbocycles. The van der Waals surface area contributed by atoms with Crippen LogP contribution in [0.3, 0.4) is 0 Å². The SMILES string of the molecule is CCC(OC(=O)c1ccc(N)cc1)C(=O)Nc1cccc(Cl)c1. The summed E-state index contributed by atoms with van der Waals surface area (Å²) < 4.78 is 5.27. The predicted octanol–water partition coefficient (Wildman–Crippen LogP) is 3.50. The van der Waals surface area contributed by atoms with Gasteiger partial charge in [0.25, 0.3) is 5.91 Å². The van der Waals surface area contributed by atoms with E-state index in [0.29, 0.717) is 28.4 Å². The van der Waals surface area contributed by atoms with Crippen LogP contribution >= 0.6 is 11.6 Å². The molecule has 5 nitrogen and oxygen atoms in total. The lowest BCUT2D eigenvalue weighted by Crippen LogP contribution is -2.32. The number of anilines is 2. The second-order valence-corrected chi connectivity index (χ2v) is 5.36. The molecule has 120 valence electrons. The smallest absolute Gasteiger partial charge is 0.338 e. The summed E-state index contributed by atoms with van der Waals surface area (Å²) in [6, 6.07) is 13.1. The number of nitrogen functional groups attached to an aromatic ring is 1. The van der Waals surface area contributed by atoms with E-state index in [1.165, 1.54) is 0 Å². The summed E-state index contributed by atoms with van der Waals surface area (Å²) >= 11 is 5.87. The maximum atomic E-state index is 12.2. The highest BCUT2D eigenvalue weighted by Crippen LogP contribution is 2.16. The third kappa shape index (κ3) is 4.72. The molecular weight excluding hydrogens is 316 g/mol. The number of amides is 1. The Balaban J connectivity index is 2.02. The van der Waals surface area contributed by atoms with Crippen LogP contribution in [-0.4, -0.2) is 18.0 Å². The quantitative estimate of drug-likeness (QED) is 0.648. The molecule has 0 saturated heterocycles. The zero-order valence-electron chi connectivity index (χ0n) is 12.6. The molecular formula is C17H17ClN2O3. The largest absolute Gasteiger partial charge is 0.449 e. The first-order valence-electron chi connectivity index (χ1n) is 7.12. The maximum absolute atomic E-state index is 12.2. The molecule has 2 rings (SSSR count). The number of hydrogen-bond acceptors (Lipinski definition) is 4. The molecule has 23 heavy (non-hydrogen) atoms. The molecule has 3 N–H and O–H groups in total. The minimum Gasteiger partial charge on any atom is -0.449 e. The van der Waals surface area contributed by atoms with Crippen LogP contribution in [0.5, 0.6) is 0 Å². The van der Waals surface area contributed by atoms with Crippen molar-refractivity contribution in [1.29, 1.82) is 0 Å². The van der Waals surface area contributed by atoms with E-state index in [-0.39, 0.29) is 0 Å². The van der Waals surface area contributed by atoms with Crippen molar-refractivity contribution >= 4 is 34.9 Å². The molecule has 0 heterocycles. The summed E-state index contributed by atoms with van der Waals surface area (Å²) in [5.74, 6) is -0.975. The van der Waals surface area contributed by atoms with E-state index in [1.807, 2.05) is 0 Å². The topological polar surface area (TPSA) is 81.4 Å². The molecule has 0 aliphatic carbocycles. The van der Waals surface area contributed by atoms with Gasteiger partial charge in [0.1, 0.15) is 0 Å². The molecule has 2 aromatic rings. The first-order chi connectivity index (χ1) is 11.0. The Morgan fingerprint density at radius 2 is 1.91 bits per heavy atom. The van der Waals surface area contributed by atoms with E-state index in [4.69, 9.17) is 22.1 Å². The summed E-state index contributed by atoms with van der Waals surface area (Å²) in [6.07, 6.45) is -0.536. The number of nitrogens with one attached hydrogen (secondary N) is 1. The van der Waals surface area contributed by atoms with Gasteiger partial charge in [-0.05, 0) is 48.9 Å². The minimum absolute atomic E-state index is 0.341. The van der Waals surface area contributed by atoms with Gasteiger partial charge < -0.3 is 15.8 Å². The molecule has 0 aliphatic heterocycles. The van der Waals surface area contributed by atoms with Gasteiger partial charge in [0, 0.05) is 16.4 Å². The molecule has 2 aromatic carbocycles. The van der Waals surface area contributed by atoms with Gasteiger partial charge in [-0.3, -0.25) is 4.79 Å². The second kappa shape index (κ2) is 7.65. The van der Waals surface area contributed by atoms with Crippen LogP contribution in [0.2, 0.25) is 5.02 Å². The lowest BCUT2D eigenvalue weighted by atomic mass is 10.2. The lowest BCUT2D eigenvalue weighted by molar-refractivity contribution is -0.124. The van der Waals surface area contributed by atoms with Crippen LogP contribution in [0.25, 0.3) is 0 Å². The number of carbonyl (C=O) groups excluding carboxylic acids is 2. The number of benzene rings is 2. The zero-order valence-corrected chi connectivity index (χ0v) is 13.3. The fraction of sp³-hybridized carbons (Fsp3) is 0.176. The van der Waals surface area contributed by atoms with Crippen molar-refractivity contribution in [2.45, 2.75) is 19.4 Å². The van der Waals surface area contributed by atoms with Crippen LogP contribution < -0.4 is 11.1 Å². The Bertz CT molecular complexity index is 701. The Morgan fingerprint density at radius 3 is 2.52 bits per heavy atom. The number of ether oxygens (including phenoxy) is 1. The zero-order chi connectivity index (χ0) is 16.8. The highest BCUT2D eigenvalue weighted by Gasteiger charge is 2.22. The third-order valence-corrected chi connectivity index (χ3v) is 3.39. The summed E-state index contributed by atoms with van der Waals surface area (Å²) in [5.41, 5.74) is 7.01. The number of halogens is 1. The molecule has 1 amide bonds. The van der Waals surface area contributed by atoms with Crippen LogP contribution in [0.15, 0.2) is 48.5 Å². The van der Waals surface area contributed by atoms with Crippen molar-refractivity contribution in [3.8, 4) is 0 Å². The van der Waals surface area contributed by atoms with Gasteiger partial charge in [0.2, 0.25) is 0 Å². The molecule has 0 aliphatic rings. The van der Waals surface area contributed by atoms with E-state index in [0.717, 1.165) is 0 Å². The number of rotatable bonds is 5. The van der Waals surface area contributed by atoms with Crippen molar-refractivity contribution in [3.05, 3.63) is 59.1 Å². The van der Waals surface area contributed by atoms with Crippen LogP contribution in [0, 0.1) is 0 Å². The van der Waals surface area contributed by atoms with Gasteiger partial charge in [-0.25, -0.2) is 4.79 Å². The highest BCUT2D eigenvalue weighted by atomic mass is 35.5. The average Bonchev–Trinajstić information content (AvgIpc) is 2.53. The number of carbonyl (C=O) groups is 2. The van der Waals surface area contributed by atoms with Gasteiger partial charge in [-0.1, -0.05) is 24.6 Å². The van der Waals surface area contributed by atoms with Crippen molar-refractivity contribution < 1.29 is 14.3 Å². The Morgan fingerprint density at radius 1 is 1.22 bits per heavy atom. The fourth-order valence-corrected chi connectivity index (χ4v) is 2.12. The van der Waals surface area contributed by atoms with Crippen molar-refractivity contribution in [2.24, 2.45) is 0 Å². The first-order valence-corrected chi connectivity index (χ1v) is 7.50. The van der Waals surface area contributed by atoms with E-state index in [9.17, 15) is 9.59 Å². The minimum atomic E-state index is -0.890. The summed E-state index contributed by atoms with van der Waals surface area (Å²) in [5, 5.41) is 3.19. The van der Waals surface area contributed by atoms with Crippen LogP contribution in [0.1, 0.15) is 23.7 Å². The Kier molecular flexibility index (Phi) is 5.60.